The Labute approximate surface area is 136 Å². The summed E-state index contributed by atoms with van der Waals surface area (Å²) in [7, 11) is 2.05. The summed E-state index contributed by atoms with van der Waals surface area (Å²) in [4.78, 5) is 0. The van der Waals surface area contributed by atoms with E-state index < -0.39 is 0 Å². The first-order chi connectivity index (χ1) is 10.3. The Balaban J connectivity index is 2.08. The minimum absolute atomic E-state index is 0.465. The molecule has 0 heterocycles. The molecule has 0 amide bonds. The predicted molar refractivity (Wildman–Crippen MR) is 95.1 cm³/mol. The molecular weight excluding hydrogens is 278 g/mol. The Morgan fingerprint density at radius 1 is 0.857 bits per heavy atom. The van der Waals surface area contributed by atoms with Crippen LogP contribution in [0.4, 0.5) is 0 Å². The molecule has 21 heavy (non-hydrogen) atoms. The predicted octanol–water partition coefficient (Wildman–Crippen LogP) is 6.52. The van der Waals surface area contributed by atoms with Crippen LogP contribution in [-0.2, 0) is 0 Å². The summed E-state index contributed by atoms with van der Waals surface area (Å²) in [5.41, 5.74) is 1.35. The molecule has 1 rings (SSSR count). The Morgan fingerprint density at radius 2 is 1.38 bits per heavy atom. The van der Waals surface area contributed by atoms with Crippen LogP contribution in [0.25, 0.3) is 0 Å². The second-order valence-electron chi connectivity index (χ2n) is 6.01. The van der Waals surface area contributed by atoms with E-state index in [4.69, 9.17) is 11.6 Å². The van der Waals surface area contributed by atoms with Crippen LogP contribution in [0.3, 0.4) is 0 Å². The molecule has 0 saturated heterocycles. The van der Waals surface area contributed by atoms with Crippen LogP contribution < -0.4 is 5.32 Å². The van der Waals surface area contributed by atoms with E-state index in [-0.39, 0.29) is 0 Å². The highest BCUT2D eigenvalue weighted by atomic mass is 35.5. The Bertz CT molecular complexity index is 347. The third-order valence-electron chi connectivity index (χ3n) is 4.22. The molecule has 0 saturated carbocycles. The van der Waals surface area contributed by atoms with E-state index in [0.717, 1.165) is 5.02 Å². The highest BCUT2D eigenvalue weighted by molar-refractivity contribution is 6.30. The number of halogens is 1. The number of benzene rings is 1. The fraction of sp³-hybridized carbons (Fsp3) is 0.684. The van der Waals surface area contributed by atoms with Crippen molar-refractivity contribution in [3.8, 4) is 0 Å². The van der Waals surface area contributed by atoms with Crippen molar-refractivity contribution < 1.29 is 0 Å². The van der Waals surface area contributed by atoms with Crippen LogP contribution in [0.15, 0.2) is 24.3 Å². The Morgan fingerprint density at radius 3 is 1.90 bits per heavy atom. The minimum Gasteiger partial charge on any atom is -0.313 e. The number of nitrogens with one attached hydrogen (secondary N) is 1. The van der Waals surface area contributed by atoms with Crippen molar-refractivity contribution in [2.24, 2.45) is 0 Å². The van der Waals surface area contributed by atoms with Crippen molar-refractivity contribution in [1.29, 1.82) is 0 Å². The second kappa shape index (κ2) is 12.1. The largest absolute Gasteiger partial charge is 0.313 e. The molecule has 1 aromatic carbocycles. The van der Waals surface area contributed by atoms with Crippen LogP contribution in [0.5, 0.6) is 0 Å². The summed E-state index contributed by atoms with van der Waals surface area (Å²) in [5, 5.41) is 4.24. The van der Waals surface area contributed by atoms with Crippen molar-refractivity contribution in [3.05, 3.63) is 34.9 Å². The fourth-order valence-corrected chi connectivity index (χ4v) is 2.96. The lowest BCUT2D eigenvalue weighted by Gasteiger charge is -2.16. The standard InChI is InChI=1S/C19H32ClN/c1-3-4-5-6-7-8-9-10-11-12-19(21-2)17-13-15-18(20)16-14-17/h13-16,19,21H,3-12H2,1-2H3. The molecule has 0 aliphatic rings. The van der Waals surface area contributed by atoms with Gasteiger partial charge in [-0.25, -0.2) is 0 Å². The molecule has 1 N–H and O–H groups in total. The maximum absolute atomic E-state index is 5.95. The zero-order valence-corrected chi connectivity index (χ0v) is 14.6. The lowest BCUT2D eigenvalue weighted by Crippen LogP contribution is -2.16. The van der Waals surface area contributed by atoms with Gasteiger partial charge in [0.2, 0.25) is 0 Å². The normalized spacial score (nSPS) is 12.5. The van der Waals surface area contributed by atoms with Gasteiger partial charge in [0.1, 0.15) is 0 Å². The highest BCUT2D eigenvalue weighted by Gasteiger charge is 2.08. The summed E-state index contributed by atoms with van der Waals surface area (Å²) >= 11 is 5.95. The summed E-state index contributed by atoms with van der Waals surface area (Å²) < 4.78 is 0. The third kappa shape index (κ3) is 8.48. The molecule has 1 atom stereocenters. The van der Waals surface area contributed by atoms with Crippen molar-refractivity contribution in [2.45, 2.75) is 77.2 Å². The van der Waals surface area contributed by atoms with E-state index >= 15 is 0 Å². The molecule has 0 spiro atoms. The van der Waals surface area contributed by atoms with Gasteiger partial charge < -0.3 is 5.32 Å². The number of rotatable bonds is 12. The average Bonchev–Trinajstić information content (AvgIpc) is 2.51. The molecule has 0 bridgehead atoms. The Kier molecular flexibility index (Phi) is 10.6. The monoisotopic (exact) mass is 309 g/mol. The zero-order chi connectivity index (χ0) is 15.3. The maximum atomic E-state index is 5.95. The quantitative estimate of drug-likeness (QED) is 0.433. The molecule has 0 radical (unpaired) electrons. The van der Waals surface area contributed by atoms with E-state index in [1.807, 2.05) is 19.2 Å². The number of hydrogen-bond donors (Lipinski definition) is 1. The summed E-state index contributed by atoms with van der Waals surface area (Å²) in [6, 6.07) is 8.70. The third-order valence-corrected chi connectivity index (χ3v) is 4.47. The average molecular weight is 310 g/mol. The topological polar surface area (TPSA) is 12.0 Å². The van der Waals surface area contributed by atoms with Crippen LogP contribution >= 0.6 is 11.6 Å². The first kappa shape index (κ1) is 18.5. The summed E-state index contributed by atoms with van der Waals surface area (Å²) in [6.45, 7) is 2.28. The molecule has 0 aromatic heterocycles. The van der Waals surface area contributed by atoms with Crippen molar-refractivity contribution in [1.82, 2.24) is 5.32 Å². The van der Waals surface area contributed by atoms with E-state index in [0.29, 0.717) is 6.04 Å². The SMILES string of the molecule is CCCCCCCCCCCC(NC)c1ccc(Cl)cc1. The van der Waals surface area contributed by atoms with E-state index in [1.165, 1.54) is 69.8 Å². The maximum Gasteiger partial charge on any atom is 0.0406 e. The van der Waals surface area contributed by atoms with Crippen LogP contribution in [-0.4, -0.2) is 7.05 Å². The smallest absolute Gasteiger partial charge is 0.0406 e. The van der Waals surface area contributed by atoms with Gasteiger partial charge in [-0.05, 0) is 31.2 Å². The molecule has 0 fully saturated rings. The van der Waals surface area contributed by atoms with Gasteiger partial charge >= 0.3 is 0 Å². The molecule has 1 aromatic rings. The second-order valence-corrected chi connectivity index (χ2v) is 6.45. The molecule has 2 heteroatoms. The lowest BCUT2D eigenvalue weighted by molar-refractivity contribution is 0.493. The summed E-state index contributed by atoms with van der Waals surface area (Å²) in [6.07, 6.45) is 13.7. The molecular formula is C19H32ClN. The Hall–Kier alpha value is -0.530. The lowest BCUT2D eigenvalue weighted by atomic mass is 9.99. The van der Waals surface area contributed by atoms with Gasteiger partial charge in [0, 0.05) is 11.1 Å². The van der Waals surface area contributed by atoms with Gasteiger partial charge in [0.25, 0.3) is 0 Å². The zero-order valence-electron chi connectivity index (χ0n) is 13.8. The first-order valence-electron chi connectivity index (χ1n) is 8.70. The minimum atomic E-state index is 0.465. The van der Waals surface area contributed by atoms with Gasteiger partial charge in [0.15, 0.2) is 0 Å². The van der Waals surface area contributed by atoms with Crippen LogP contribution in [0, 0.1) is 0 Å². The molecule has 120 valence electrons. The summed E-state index contributed by atoms with van der Waals surface area (Å²) in [5.74, 6) is 0. The van der Waals surface area contributed by atoms with Crippen molar-refractivity contribution in [2.75, 3.05) is 7.05 Å². The van der Waals surface area contributed by atoms with Gasteiger partial charge in [0.05, 0.1) is 0 Å². The fourth-order valence-electron chi connectivity index (χ4n) is 2.83. The van der Waals surface area contributed by atoms with Crippen molar-refractivity contribution >= 4 is 11.6 Å². The van der Waals surface area contributed by atoms with E-state index in [9.17, 15) is 0 Å². The van der Waals surface area contributed by atoms with Gasteiger partial charge in [-0.1, -0.05) is 88.4 Å². The number of hydrogen-bond acceptors (Lipinski definition) is 1. The first-order valence-corrected chi connectivity index (χ1v) is 9.08. The van der Waals surface area contributed by atoms with Gasteiger partial charge in [-0.15, -0.1) is 0 Å². The van der Waals surface area contributed by atoms with E-state index in [1.54, 1.807) is 0 Å². The van der Waals surface area contributed by atoms with Crippen molar-refractivity contribution in [3.63, 3.8) is 0 Å². The van der Waals surface area contributed by atoms with Gasteiger partial charge in [-0.2, -0.15) is 0 Å². The highest BCUT2D eigenvalue weighted by Crippen LogP contribution is 2.22. The molecule has 1 unspecified atom stereocenters. The van der Waals surface area contributed by atoms with Gasteiger partial charge in [-0.3, -0.25) is 0 Å². The van der Waals surface area contributed by atoms with Crippen LogP contribution in [0.2, 0.25) is 5.02 Å². The van der Waals surface area contributed by atoms with Crippen LogP contribution in [0.1, 0.15) is 82.7 Å². The van der Waals surface area contributed by atoms with E-state index in [2.05, 4.69) is 24.4 Å². The molecule has 0 aliphatic heterocycles. The molecule has 1 nitrogen and oxygen atoms in total. The number of unbranched alkanes of at least 4 members (excludes halogenated alkanes) is 8. The molecule has 0 aliphatic carbocycles.